The number of hydrogen-bond donors (Lipinski definition) is 1. The topological polar surface area (TPSA) is 51.2 Å². The predicted octanol–water partition coefficient (Wildman–Crippen LogP) is 5.92. The van der Waals surface area contributed by atoms with Crippen LogP contribution in [-0.4, -0.2) is 16.8 Å². The standard InChI is InChI=1S/C20H17BrN2O2S/c1-2-26-23-20(24)25-18-5-3-4-14(12-18)6-10-17-11-8-15-7-9-16(21)13-19(15)22-17/h3-13H,2H2,1H3,(H,23,24). The molecule has 132 valence electrons. The maximum absolute atomic E-state index is 11.6. The normalized spacial score (nSPS) is 11.0. The summed E-state index contributed by atoms with van der Waals surface area (Å²) in [7, 11) is 0. The number of benzene rings is 2. The molecule has 1 heterocycles. The second-order valence-electron chi connectivity index (χ2n) is 5.40. The molecule has 3 aromatic rings. The maximum atomic E-state index is 11.6. The van der Waals surface area contributed by atoms with Crippen molar-refractivity contribution in [1.29, 1.82) is 0 Å². The molecule has 0 saturated carbocycles. The summed E-state index contributed by atoms with van der Waals surface area (Å²) in [6.07, 6.45) is 3.41. The van der Waals surface area contributed by atoms with E-state index in [2.05, 4.69) is 25.6 Å². The Kier molecular flexibility index (Phi) is 6.30. The number of carbonyl (C=O) groups is 1. The van der Waals surface area contributed by atoms with Crippen LogP contribution in [-0.2, 0) is 0 Å². The van der Waals surface area contributed by atoms with Crippen LogP contribution in [0.15, 0.2) is 59.1 Å². The Morgan fingerprint density at radius 3 is 2.88 bits per heavy atom. The van der Waals surface area contributed by atoms with Gasteiger partial charge in [0.05, 0.1) is 11.2 Å². The number of carbonyl (C=O) groups excluding carboxylic acids is 1. The van der Waals surface area contributed by atoms with Crippen molar-refractivity contribution < 1.29 is 9.53 Å². The SMILES string of the molecule is CCSNC(=O)Oc1cccc(C=Cc2ccc3ccc(Br)cc3n2)c1. The van der Waals surface area contributed by atoms with Gasteiger partial charge in [-0.2, -0.15) is 0 Å². The van der Waals surface area contributed by atoms with Crippen LogP contribution in [0, 0.1) is 0 Å². The van der Waals surface area contributed by atoms with Crippen molar-refractivity contribution in [2.45, 2.75) is 6.92 Å². The van der Waals surface area contributed by atoms with E-state index >= 15 is 0 Å². The number of amides is 1. The summed E-state index contributed by atoms with van der Waals surface area (Å²) in [5.41, 5.74) is 2.72. The van der Waals surface area contributed by atoms with Gasteiger partial charge < -0.3 is 4.74 Å². The van der Waals surface area contributed by atoms with E-state index in [1.54, 1.807) is 6.07 Å². The number of aromatic nitrogens is 1. The summed E-state index contributed by atoms with van der Waals surface area (Å²) < 4.78 is 8.86. The van der Waals surface area contributed by atoms with Gasteiger partial charge in [0.25, 0.3) is 0 Å². The minimum absolute atomic E-state index is 0.472. The molecule has 0 aliphatic carbocycles. The Morgan fingerprint density at radius 1 is 1.19 bits per heavy atom. The Bertz CT molecular complexity index is 959. The number of fused-ring (bicyclic) bond motifs is 1. The molecule has 4 nitrogen and oxygen atoms in total. The fourth-order valence-corrected chi connectivity index (χ4v) is 2.97. The van der Waals surface area contributed by atoms with Gasteiger partial charge in [0.1, 0.15) is 5.75 Å². The van der Waals surface area contributed by atoms with Crippen LogP contribution < -0.4 is 9.46 Å². The smallest absolute Gasteiger partial charge is 0.410 e. The number of nitrogens with zero attached hydrogens (tertiary/aromatic N) is 1. The fraction of sp³-hybridized carbons (Fsp3) is 0.100. The van der Waals surface area contributed by atoms with Crippen molar-refractivity contribution in [2.24, 2.45) is 0 Å². The van der Waals surface area contributed by atoms with E-state index in [0.29, 0.717) is 5.75 Å². The molecule has 3 rings (SSSR count). The van der Waals surface area contributed by atoms with E-state index in [1.165, 1.54) is 11.9 Å². The molecular formula is C20H17BrN2O2S. The molecule has 0 unspecified atom stereocenters. The zero-order valence-electron chi connectivity index (χ0n) is 14.1. The lowest BCUT2D eigenvalue weighted by Crippen LogP contribution is -2.20. The Balaban J connectivity index is 1.74. The highest BCUT2D eigenvalue weighted by Crippen LogP contribution is 2.20. The molecule has 1 aromatic heterocycles. The Labute approximate surface area is 164 Å². The van der Waals surface area contributed by atoms with Crippen LogP contribution >= 0.6 is 27.9 Å². The molecule has 0 spiro atoms. The van der Waals surface area contributed by atoms with Gasteiger partial charge in [-0.15, -0.1) is 0 Å². The number of rotatable bonds is 5. The number of halogens is 1. The average Bonchev–Trinajstić information content (AvgIpc) is 2.64. The second-order valence-corrected chi connectivity index (χ2v) is 7.39. The molecule has 0 fully saturated rings. The van der Waals surface area contributed by atoms with Gasteiger partial charge in [-0.05, 0) is 53.9 Å². The first-order valence-corrected chi connectivity index (χ1v) is 9.86. The quantitative estimate of drug-likeness (QED) is 0.512. The van der Waals surface area contributed by atoms with Crippen LogP contribution in [0.5, 0.6) is 5.75 Å². The van der Waals surface area contributed by atoms with E-state index < -0.39 is 6.09 Å². The van der Waals surface area contributed by atoms with Crippen LogP contribution in [0.1, 0.15) is 18.2 Å². The van der Waals surface area contributed by atoms with Crippen molar-refractivity contribution in [3.8, 4) is 5.75 Å². The molecule has 0 saturated heterocycles. The van der Waals surface area contributed by atoms with Crippen LogP contribution in [0.4, 0.5) is 4.79 Å². The van der Waals surface area contributed by atoms with Gasteiger partial charge in [0, 0.05) is 15.6 Å². The van der Waals surface area contributed by atoms with Gasteiger partial charge in [0.15, 0.2) is 0 Å². The summed E-state index contributed by atoms with van der Waals surface area (Å²) >= 11 is 4.77. The monoisotopic (exact) mass is 428 g/mol. The lowest BCUT2D eigenvalue weighted by atomic mass is 10.1. The van der Waals surface area contributed by atoms with Gasteiger partial charge in [-0.25, -0.2) is 9.78 Å². The highest BCUT2D eigenvalue weighted by molar-refractivity contribution is 9.10. The molecular weight excluding hydrogens is 412 g/mol. The van der Waals surface area contributed by atoms with E-state index in [-0.39, 0.29) is 0 Å². The van der Waals surface area contributed by atoms with Crippen LogP contribution in [0.3, 0.4) is 0 Å². The average molecular weight is 429 g/mol. The zero-order valence-corrected chi connectivity index (χ0v) is 16.5. The summed E-state index contributed by atoms with van der Waals surface area (Å²) in [6, 6.07) is 17.4. The number of ether oxygens (including phenoxy) is 1. The molecule has 2 aromatic carbocycles. The summed E-state index contributed by atoms with van der Waals surface area (Å²) in [5.74, 6) is 1.28. The van der Waals surface area contributed by atoms with E-state index in [0.717, 1.165) is 32.4 Å². The first-order valence-electron chi connectivity index (χ1n) is 8.08. The van der Waals surface area contributed by atoms with Crippen molar-refractivity contribution in [3.63, 3.8) is 0 Å². The molecule has 26 heavy (non-hydrogen) atoms. The van der Waals surface area contributed by atoms with Crippen molar-refractivity contribution in [3.05, 3.63) is 70.3 Å². The van der Waals surface area contributed by atoms with Gasteiger partial charge in [0.2, 0.25) is 0 Å². The fourth-order valence-electron chi connectivity index (χ4n) is 2.32. The lowest BCUT2D eigenvalue weighted by molar-refractivity contribution is 0.207. The van der Waals surface area contributed by atoms with Crippen molar-refractivity contribution >= 4 is 57.0 Å². The zero-order chi connectivity index (χ0) is 18.4. The first-order chi connectivity index (χ1) is 12.6. The molecule has 0 atom stereocenters. The van der Waals surface area contributed by atoms with Crippen molar-refractivity contribution in [2.75, 3.05) is 5.75 Å². The molecule has 1 amide bonds. The van der Waals surface area contributed by atoms with Gasteiger partial charge in [-0.1, -0.05) is 53.2 Å². The van der Waals surface area contributed by atoms with Crippen molar-refractivity contribution in [1.82, 2.24) is 9.71 Å². The van der Waals surface area contributed by atoms with Gasteiger partial charge in [-0.3, -0.25) is 4.72 Å². The molecule has 0 bridgehead atoms. The third-order valence-electron chi connectivity index (χ3n) is 3.49. The first kappa shape index (κ1) is 18.5. The van der Waals surface area contributed by atoms with E-state index in [4.69, 9.17) is 4.74 Å². The lowest BCUT2D eigenvalue weighted by Gasteiger charge is -2.05. The Hall–Kier alpha value is -2.31. The summed E-state index contributed by atoms with van der Waals surface area (Å²) in [4.78, 5) is 16.3. The molecule has 0 radical (unpaired) electrons. The molecule has 6 heteroatoms. The van der Waals surface area contributed by atoms with Gasteiger partial charge >= 0.3 is 6.09 Å². The summed E-state index contributed by atoms with van der Waals surface area (Å²) in [6.45, 7) is 1.95. The minimum atomic E-state index is -0.472. The highest BCUT2D eigenvalue weighted by atomic mass is 79.9. The minimum Gasteiger partial charge on any atom is -0.410 e. The maximum Gasteiger partial charge on any atom is 0.422 e. The third-order valence-corrected chi connectivity index (χ3v) is 4.58. The molecule has 0 aliphatic rings. The number of hydrogen-bond acceptors (Lipinski definition) is 4. The predicted molar refractivity (Wildman–Crippen MR) is 112 cm³/mol. The van der Waals surface area contributed by atoms with E-state index in [9.17, 15) is 4.79 Å². The highest BCUT2D eigenvalue weighted by Gasteiger charge is 2.03. The number of nitrogens with one attached hydrogen (secondary N) is 1. The third kappa shape index (κ3) is 5.09. The number of pyridine rings is 1. The second kappa shape index (κ2) is 8.87. The van der Waals surface area contributed by atoms with Crippen LogP contribution in [0.25, 0.3) is 23.1 Å². The molecule has 0 aliphatic heterocycles. The molecule has 1 N–H and O–H groups in total. The summed E-state index contributed by atoms with van der Waals surface area (Å²) in [5, 5.41) is 1.09. The Morgan fingerprint density at radius 2 is 2.04 bits per heavy atom. The largest absolute Gasteiger partial charge is 0.422 e. The van der Waals surface area contributed by atoms with Crippen LogP contribution in [0.2, 0.25) is 0 Å². The van der Waals surface area contributed by atoms with E-state index in [1.807, 2.05) is 67.6 Å².